The minimum atomic E-state index is -4.05. The number of nitrogens with one attached hydrogen (secondary N) is 1. The van der Waals surface area contributed by atoms with Crippen LogP contribution in [-0.4, -0.2) is 13.4 Å². The summed E-state index contributed by atoms with van der Waals surface area (Å²) in [7, 11) is -4.05. The van der Waals surface area contributed by atoms with Gasteiger partial charge >= 0.3 is 0 Å². The molecule has 4 nitrogen and oxygen atoms in total. The molecule has 1 heterocycles. The van der Waals surface area contributed by atoms with Crippen LogP contribution in [0.25, 0.3) is 0 Å². The predicted molar refractivity (Wildman–Crippen MR) is 79.2 cm³/mol. The van der Waals surface area contributed by atoms with Gasteiger partial charge in [-0.1, -0.05) is 39.1 Å². The lowest BCUT2D eigenvalue weighted by atomic mass is 10.3. The number of hydrogen-bond acceptors (Lipinski definition) is 3. The summed E-state index contributed by atoms with van der Waals surface area (Å²) in [6.45, 7) is 0. The molecule has 1 aromatic heterocycles. The van der Waals surface area contributed by atoms with E-state index in [1.165, 1.54) is 24.3 Å². The Bertz CT molecular complexity index is 771. The van der Waals surface area contributed by atoms with Crippen LogP contribution in [0.5, 0.6) is 0 Å². The van der Waals surface area contributed by atoms with E-state index >= 15 is 0 Å². The van der Waals surface area contributed by atoms with Gasteiger partial charge in [0.1, 0.15) is 15.9 Å². The molecule has 106 valence electrons. The first-order valence-corrected chi connectivity index (χ1v) is 8.13. The number of benzene rings is 1. The van der Waals surface area contributed by atoms with Crippen molar-refractivity contribution in [3.63, 3.8) is 0 Å². The molecule has 0 aliphatic heterocycles. The average molecular weight is 400 g/mol. The van der Waals surface area contributed by atoms with Gasteiger partial charge in [-0.25, -0.2) is 17.8 Å². The maximum absolute atomic E-state index is 13.6. The summed E-state index contributed by atoms with van der Waals surface area (Å²) in [6.07, 6.45) is 0. The first kappa shape index (κ1) is 15.5. The zero-order valence-electron chi connectivity index (χ0n) is 9.57. The fourth-order valence-corrected chi connectivity index (χ4v) is 3.43. The molecule has 0 aliphatic rings. The number of nitrogens with zero attached hydrogens (tertiary/aromatic N) is 1. The smallest absolute Gasteiger partial charge is 0.265 e. The summed E-state index contributed by atoms with van der Waals surface area (Å²) in [5, 5.41) is -0.230. The second-order valence-corrected chi connectivity index (χ2v) is 6.96. The highest BCUT2D eigenvalue weighted by atomic mass is 79.9. The molecule has 0 spiro atoms. The highest BCUT2D eigenvalue weighted by Crippen LogP contribution is 2.26. The molecular weight excluding hydrogens is 394 g/mol. The third-order valence-corrected chi connectivity index (χ3v) is 4.75. The van der Waals surface area contributed by atoms with Crippen molar-refractivity contribution < 1.29 is 12.8 Å². The molecule has 2 rings (SSSR count). The van der Waals surface area contributed by atoms with Crippen molar-refractivity contribution in [3.8, 4) is 0 Å². The molecular formula is C11H6BrCl2FN2O2S. The molecule has 1 N–H and O–H groups in total. The van der Waals surface area contributed by atoms with Gasteiger partial charge in [-0.05, 0) is 30.3 Å². The van der Waals surface area contributed by atoms with Crippen LogP contribution in [0.4, 0.5) is 10.1 Å². The summed E-state index contributed by atoms with van der Waals surface area (Å²) < 4.78 is 40.5. The van der Waals surface area contributed by atoms with Gasteiger partial charge in [0.15, 0.2) is 5.15 Å². The van der Waals surface area contributed by atoms with Crippen LogP contribution in [-0.2, 0) is 10.0 Å². The van der Waals surface area contributed by atoms with Crippen LogP contribution in [0.3, 0.4) is 0 Å². The Balaban J connectivity index is 2.41. The number of hydrogen-bond donors (Lipinski definition) is 1. The van der Waals surface area contributed by atoms with Crippen molar-refractivity contribution in [2.24, 2.45) is 0 Å². The number of sulfonamides is 1. The summed E-state index contributed by atoms with van der Waals surface area (Å²) in [4.78, 5) is 3.34. The van der Waals surface area contributed by atoms with Gasteiger partial charge < -0.3 is 0 Å². The topological polar surface area (TPSA) is 59.1 Å². The largest absolute Gasteiger partial charge is 0.277 e. The van der Waals surface area contributed by atoms with Crippen molar-refractivity contribution in [2.75, 3.05) is 4.72 Å². The predicted octanol–water partition coefficient (Wildman–Crippen LogP) is 4.09. The third kappa shape index (κ3) is 3.41. The van der Waals surface area contributed by atoms with E-state index in [9.17, 15) is 12.8 Å². The summed E-state index contributed by atoms with van der Waals surface area (Å²) in [5.74, 6) is -0.721. The van der Waals surface area contributed by atoms with Gasteiger partial charge in [0, 0.05) is 4.47 Å². The maximum Gasteiger partial charge on any atom is 0.265 e. The molecule has 9 heteroatoms. The van der Waals surface area contributed by atoms with Crippen LogP contribution < -0.4 is 4.72 Å². The first-order valence-electron chi connectivity index (χ1n) is 5.09. The lowest BCUT2D eigenvalue weighted by Crippen LogP contribution is -2.15. The second-order valence-electron chi connectivity index (χ2n) is 3.65. The van der Waals surface area contributed by atoms with Crippen LogP contribution in [0.2, 0.25) is 10.3 Å². The normalized spacial score (nSPS) is 11.4. The molecule has 0 bridgehead atoms. The minimum Gasteiger partial charge on any atom is -0.277 e. The SMILES string of the molecule is O=S(=O)(Nc1ccc(Br)cc1F)c1ccc(Cl)nc1Cl. The van der Waals surface area contributed by atoms with Crippen molar-refractivity contribution in [3.05, 3.63) is 50.9 Å². The van der Waals surface area contributed by atoms with Gasteiger partial charge in [-0.15, -0.1) is 0 Å². The first-order chi connectivity index (χ1) is 9.29. The fourth-order valence-electron chi connectivity index (χ4n) is 1.37. The van der Waals surface area contributed by atoms with Crippen LogP contribution >= 0.6 is 39.1 Å². The maximum atomic E-state index is 13.6. The Hall–Kier alpha value is -0.890. The summed E-state index contributed by atoms with van der Waals surface area (Å²) in [5.41, 5.74) is -0.195. The second kappa shape index (κ2) is 5.85. The van der Waals surface area contributed by atoms with Gasteiger partial charge in [-0.3, -0.25) is 4.72 Å². The minimum absolute atomic E-state index is 0.0590. The Morgan fingerprint density at radius 3 is 2.50 bits per heavy atom. The lowest BCUT2D eigenvalue weighted by molar-refractivity contribution is 0.598. The average Bonchev–Trinajstić information content (AvgIpc) is 2.32. The van der Waals surface area contributed by atoms with Crippen LogP contribution in [0.1, 0.15) is 0 Å². The Kier molecular flexibility index (Phi) is 4.53. The van der Waals surface area contributed by atoms with Crippen molar-refractivity contribution in [1.82, 2.24) is 4.98 Å². The highest BCUT2D eigenvalue weighted by Gasteiger charge is 2.20. The van der Waals surface area contributed by atoms with Gasteiger partial charge in [-0.2, -0.15) is 0 Å². The van der Waals surface area contributed by atoms with Gasteiger partial charge in [0.25, 0.3) is 10.0 Å². The lowest BCUT2D eigenvalue weighted by Gasteiger charge is -2.10. The molecule has 2 aromatic rings. The number of aromatic nitrogens is 1. The van der Waals surface area contributed by atoms with Crippen LogP contribution in [0.15, 0.2) is 39.7 Å². The molecule has 0 atom stereocenters. The van der Waals surface area contributed by atoms with Gasteiger partial charge in [0.05, 0.1) is 5.69 Å². The van der Waals surface area contributed by atoms with Crippen molar-refractivity contribution >= 4 is 54.8 Å². The zero-order chi connectivity index (χ0) is 14.9. The van der Waals surface area contributed by atoms with E-state index in [4.69, 9.17) is 23.2 Å². The Labute approximate surface area is 133 Å². The number of anilines is 1. The number of pyridine rings is 1. The molecule has 0 amide bonds. The molecule has 0 aliphatic carbocycles. The zero-order valence-corrected chi connectivity index (χ0v) is 13.5. The molecule has 0 saturated carbocycles. The molecule has 1 aromatic carbocycles. The van der Waals surface area contributed by atoms with Crippen LogP contribution in [0, 0.1) is 5.82 Å². The number of halogens is 4. The van der Waals surface area contributed by atoms with Crippen molar-refractivity contribution in [2.45, 2.75) is 4.90 Å². The molecule has 0 radical (unpaired) electrons. The molecule has 20 heavy (non-hydrogen) atoms. The standard InChI is InChI=1S/C11H6BrCl2FN2O2S/c12-6-1-2-8(7(15)5-6)17-20(18,19)9-3-4-10(13)16-11(9)14/h1-5,17H. The van der Waals surface area contributed by atoms with E-state index in [0.717, 1.165) is 6.07 Å². The van der Waals surface area contributed by atoms with E-state index in [-0.39, 0.29) is 20.9 Å². The molecule has 0 saturated heterocycles. The fraction of sp³-hybridized carbons (Fsp3) is 0. The highest BCUT2D eigenvalue weighted by molar-refractivity contribution is 9.10. The van der Waals surface area contributed by atoms with E-state index in [2.05, 4.69) is 25.6 Å². The summed E-state index contributed by atoms with van der Waals surface area (Å²) >= 11 is 14.4. The number of rotatable bonds is 3. The van der Waals surface area contributed by atoms with E-state index in [0.29, 0.717) is 4.47 Å². The Morgan fingerprint density at radius 1 is 1.20 bits per heavy atom. The van der Waals surface area contributed by atoms with E-state index in [1.54, 1.807) is 0 Å². The van der Waals surface area contributed by atoms with Gasteiger partial charge in [0.2, 0.25) is 0 Å². The molecule has 0 fully saturated rings. The molecule has 0 unspecified atom stereocenters. The van der Waals surface area contributed by atoms with Crippen molar-refractivity contribution in [1.29, 1.82) is 0 Å². The van der Waals surface area contributed by atoms with E-state index in [1.807, 2.05) is 0 Å². The third-order valence-electron chi connectivity index (χ3n) is 2.25. The van der Waals surface area contributed by atoms with E-state index < -0.39 is 15.8 Å². The quantitative estimate of drug-likeness (QED) is 0.790. The monoisotopic (exact) mass is 398 g/mol. The Morgan fingerprint density at radius 2 is 1.90 bits per heavy atom. The summed E-state index contributed by atoms with van der Waals surface area (Å²) in [6, 6.07) is 6.40.